The average Bonchev–Trinajstić information content (AvgIpc) is 3.56. The Kier molecular flexibility index (Phi) is 8.65. The van der Waals surface area contributed by atoms with E-state index in [1.54, 1.807) is 0 Å². The fourth-order valence-electron chi connectivity index (χ4n) is 5.78. The average molecular weight is 642 g/mol. The van der Waals surface area contributed by atoms with Crippen molar-refractivity contribution < 1.29 is 22.6 Å². The largest absolute Gasteiger partial charge is 0.469 e. The van der Waals surface area contributed by atoms with Crippen molar-refractivity contribution >= 4 is 48.9 Å². The third-order valence-corrected chi connectivity index (χ3v) is 9.24. The van der Waals surface area contributed by atoms with Gasteiger partial charge in [-0.25, -0.2) is 13.2 Å². The highest BCUT2D eigenvalue weighted by Crippen LogP contribution is 2.46. The lowest BCUT2D eigenvalue weighted by Crippen LogP contribution is -2.31. The molecular formula is C30H27ClF3N7O2S. The van der Waals surface area contributed by atoms with E-state index < -0.39 is 24.3 Å². The molecule has 0 bridgehead atoms. The number of fused-ring (bicyclic) bond motifs is 2. The lowest BCUT2D eigenvalue weighted by molar-refractivity contribution is 0.132. The summed E-state index contributed by atoms with van der Waals surface area (Å²) in [5.74, 6) is -0.696. The topological polar surface area (TPSA) is 142 Å². The number of nitrogen functional groups attached to an aromatic ring is 1. The monoisotopic (exact) mass is 641 g/mol. The third-order valence-electron chi connectivity index (χ3n) is 7.92. The molecule has 2 aliphatic heterocycles. The third kappa shape index (κ3) is 5.69. The molecule has 14 heteroatoms. The summed E-state index contributed by atoms with van der Waals surface area (Å²) in [6.45, 7) is 1.45. The van der Waals surface area contributed by atoms with Crippen LogP contribution in [0.5, 0.6) is 11.9 Å². The van der Waals surface area contributed by atoms with Crippen molar-refractivity contribution in [2.75, 3.05) is 38.5 Å². The summed E-state index contributed by atoms with van der Waals surface area (Å²) in [4.78, 5) is 8.97. The van der Waals surface area contributed by atoms with Gasteiger partial charge in [-0.05, 0) is 49.4 Å². The van der Waals surface area contributed by atoms with Crippen molar-refractivity contribution in [1.29, 1.82) is 10.5 Å². The minimum atomic E-state index is -1.31. The molecule has 0 spiro atoms. The second kappa shape index (κ2) is 12.6. The molecule has 0 radical (unpaired) electrons. The number of alkyl halides is 2. The molecule has 6 rings (SSSR count). The molecule has 4 aromatic rings. The van der Waals surface area contributed by atoms with Gasteiger partial charge in [0.2, 0.25) is 5.88 Å². The van der Waals surface area contributed by atoms with Crippen molar-refractivity contribution in [3.05, 3.63) is 40.2 Å². The summed E-state index contributed by atoms with van der Waals surface area (Å²) >= 11 is 7.73. The molecule has 9 nitrogen and oxygen atoms in total. The summed E-state index contributed by atoms with van der Waals surface area (Å²) in [7, 11) is 0. The second-order valence-corrected chi connectivity index (χ2v) is 12.3. The maximum absolute atomic E-state index is 14.8. The van der Waals surface area contributed by atoms with E-state index in [0.29, 0.717) is 18.5 Å². The summed E-state index contributed by atoms with van der Waals surface area (Å²) in [5.41, 5.74) is 6.74. The molecule has 2 saturated heterocycles. The Bertz CT molecular complexity index is 1830. The smallest absolute Gasteiger partial charge is 0.320 e. The fourth-order valence-corrected chi connectivity index (χ4v) is 7.04. The van der Waals surface area contributed by atoms with Gasteiger partial charge in [-0.3, -0.25) is 0 Å². The van der Waals surface area contributed by atoms with Crippen molar-refractivity contribution in [3.63, 3.8) is 0 Å². The number of hydrogen-bond acceptors (Lipinski definition) is 10. The maximum Gasteiger partial charge on any atom is 0.320 e. The Hall–Kier alpha value is -3.88. The molecule has 4 heterocycles. The number of nitrogens with zero attached hydrogens (tertiary/aromatic N) is 4. The lowest BCUT2D eigenvalue weighted by atomic mass is 9.93. The van der Waals surface area contributed by atoms with Crippen LogP contribution in [-0.4, -0.2) is 61.2 Å². The lowest BCUT2D eigenvalue weighted by Gasteiger charge is -2.23. The molecule has 0 aliphatic carbocycles. The van der Waals surface area contributed by atoms with Crippen LogP contribution in [0.1, 0.15) is 30.4 Å². The molecule has 4 atom stereocenters. The van der Waals surface area contributed by atoms with Gasteiger partial charge in [0.25, 0.3) is 0 Å². The van der Waals surface area contributed by atoms with Gasteiger partial charge in [0.1, 0.15) is 35.2 Å². The first-order chi connectivity index (χ1) is 21.3. The second-order valence-electron chi connectivity index (χ2n) is 10.9. The highest BCUT2D eigenvalue weighted by molar-refractivity contribution is 7.23. The number of nitrogens with one attached hydrogen (secondary N) is 2. The van der Waals surface area contributed by atoms with Crippen LogP contribution in [0.2, 0.25) is 5.02 Å². The zero-order valence-corrected chi connectivity index (χ0v) is 24.9. The van der Waals surface area contributed by atoms with Crippen LogP contribution < -0.4 is 25.8 Å². The zero-order valence-electron chi connectivity index (χ0n) is 23.3. The molecule has 2 fully saturated rings. The number of anilines is 1. The summed E-state index contributed by atoms with van der Waals surface area (Å²) < 4.78 is 55.9. The molecule has 2 aliphatic rings. The minimum Gasteiger partial charge on any atom is -0.469 e. The number of aromatic nitrogens is 2. The molecule has 2 aromatic carbocycles. The van der Waals surface area contributed by atoms with Crippen molar-refractivity contribution in [2.24, 2.45) is 5.92 Å². The first-order valence-electron chi connectivity index (χ1n) is 14.1. The van der Waals surface area contributed by atoms with E-state index in [1.165, 1.54) is 18.2 Å². The van der Waals surface area contributed by atoms with Crippen LogP contribution >= 0.6 is 22.9 Å². The van der Waals surface area contributed by atoms with Gasteiger partial charge in [0.15, 0.2) is 6.17 Å². The van der Waals surface area contributed by atoms with Gasteiger partial charge < -0.3 is 25.8 Å². The Morgan fingerprint density at radius 2 is 1.93 bits per heavy atom. The quantitative estimate of drug-likeness (QED) is 0.251. The molecule has 0 saturated carbocycles. The Labute approximate surface area is 259 Å². The first kappa shape index (κ1) is 30.2. The van der Waals surface area contributed by atoms with E-state index in [2.05, 4.69) is 26.7 Å². The van der Waals surface area contributed by atoms with Crippen LogP contribution in [0.25, 0.3) is 32.1 Å². The zero-order chi connectivity index (χ0) is 31.0. The van der Waals surface area contributed by atoms with E-state index in [9.17, 15) is 23.7 Å². The van der Waals surface area contributed by atoms with Crippen molar-refractivity contribution in [1.82, 2.24) is 20.6 Å². The fraction of sp³-hybridized carbons (Fsp3) is 0.400. The van der Waals surface area contributed by atoms with E-state index in [1.807, 2.05) is 6.07 Å². The van der Waals surface area contributed by atoms with Gasteiger partial charge in [0, 0.05) is 30.6 Å². The summed E-state index contributed by atoms with van der Waals surface area (Å²) in [6, 6.07) is 8.20. The molecule has 44 heavy (non-hydrogen) atoms. The van der Waals surface area contributed by atoms with Crippen LogP contribution in [0.15, 0.2) is 18.2 Å². The predicted octanol–water partition coefficient (Wildman–Crippen LogP) is 5.42. The van der Waals surface area contributed by atoms with Crippen LogP contribution in [0.4, 0.5) is 18.2 Å². The highest BCUT2D eigenvalue weighted by atomic mass is 35.5. The number of nitriles is 2. The molecular weight excluding hydrogens is 615 g/mol. The van der Waals surface area contributed by atoms with E-state index in [0.717, 1.165) is 24.2 Å². The number of halogens is 4. The molecule has 4 N–H and O–H groups in total. The van der Waals surface area contributed by atoms with Crippen LogP contribution in [0, 0.1) is 34.4 Å². The Morgan fingerprint density at radius 3 is 2.68 bits per heavy atom. The first-order valence-corrected chi connectivity index (χ1v) is 15.3. The van der Waals surface area contributed by atoms with Crippen LogP contribution in [-0.2, 0) is 0 Å². The van der Waals surface area contributed by atoms with Gasteiger partial charge >= 0.3 is 6.01 Å². The summed E-state index contributed by atoms with van der Waals surface area (Å²) in [6.07, 6.45) is -1.31. The van der Waals surface area contributed by atoms with Gasteiger partial charge in [-0.2, -0.15) is 20.5 Å². The number of nitrogens with two attached hydrogens (primary N) is 1. The molecule has 0 unspecified atom stereocenters. The number of benzene rings is 2. The van der Waals surface area contributed by atoms with Crippen molar-refractivity contribution in [2.45, 2.75) is 37.7 Å². The molecule has 0 amide bonds. The van der Waals surface area contributed by atoms with E-state index >= 15 is 0 Å². The number of ether oxygens (including phenoxy) is 2. The number of hydrogen-bond donors (Lipinski definition) is 3. The van der Waals surface area contributed by atoms with E-state index in [4.69, 9.17) is 26.8 Å². The number of thiophene rings is 1. The van der Waals surface area contributed by atoms with Gasteiger partial charge in [-0.15, -0.1) is 11.3 Å². The van der Waals surface area contributed by atoms with Gasteiger partial charge in [-0.1, -0.05) is 17.7 Å². The minimum absolute atomic E-state index is 0.00614. The van der Waals surface area contributed by atoms with Gasteiger partial charge in [0.05, 0.1) is 38.4 Å². The SMILES string of the molecule is N#Cc1c(-c2ccc(F)c3sc(N)c(C#N)c23)c(Cl)cc2c(O[C@H]3CNC[C@H]3F)nc(OC[C@@H]3CCCNC[C@H](F)C3)nc12. The summed E-state index contributed by atoms with van der Waals surface area (Å²) in [5, 5.41) is 27.0. The Balaban J connectivity index is 1.50. The molecule has 228 valence electrons. The van der Waals surface area contributed by atoms with Crippen molar-refractivity contribution in [3.8, 4) is 35.2 Å². The van der Waals surface area contributed by atoms with E-state index in [-0.39, 0.29) is 91.8 Å². The predicted molar refractivity (Wildman–Crippen MR) is 162 cm³/mol. The Morgan fingerprint density at radius 1 is 1.11 bits per heavy atom. The molecule has 2 aromatic heterocycles. The standard InChI is InChI=1S/C30H27ClF3N7O2S/c31-20-7-17-26(18(8-35)24(20)16-3-4-21(33)27-25(16)19(9-36)28(37)44-27)40-30(41-29(17)43-23-12-39-11-22(23)34)42-13-14-2-1-5-38-10-15(32)6-14/h3-4,7,14-15,22-23,38-39H,1-2,5-6,10-13,37H2/t14-,15-,22-,23+/m1/s1. The number of rotatable bonds is 6. The maximum atomic E-state index is 14.8. The van der Waals surface area contributed by atoms with Crippen LogP contribution in [0.3, 0.4) is 0 Å². The highest BCUT2D eigenvalue weighted by Gasteiger charge is 2.31. The normalized spacial score (nSPS) is 22.3.